The van der Waals surface area contributed by atoms with Gasteiger partial charge in [-0.25, -0.2) is 8.78 Å². The summed E-state index contributed by atoms with van der Waals surface area (Å²) in [4.78, 5) is 11.7. The molecular formula is C12H14F2N2O. The van der Waals surface area contributed by atoms with Gasteiger partial charge >= 0.3 is 0 Å². The molecule has 0 heterocycles. The van der Waals surface area contributed by atoms with Crippen LogP contribution in [0.2, 0.25) is 0 Å². The molecule has 1 aliphatic carbocycles. The lowest BCUT2D eigenvalue weighted by atomic mass is 9.82. The fraction of sp³-hybridized carbons (Fsp3) is 0.417. The van der Waals surface area contributed by atoms with E-state index in [9.17, 15) is 13.6 Å². The fourth-order valence-electron chi connectivity index (χ4n) is 2.00. The maximum absolute atomic E-state index is 13.2. The Hall–Kier alpha value is -1.65. The highest BCUT2D eigenvalue weighted by Gasteiger charge is 2.27. The van der Waals surface area contributed by atoms with Gasteiger partial charge in [-0.3, -0.25) is 4.79 Å². The first-order chi connectivity index (χ1) is 7.97. The second-order valence-corrected chi connectivity index (χ2v) is 4.60. The van der Waals surface area contributed by atoms with E-state index < -0.39 is 23.2 Å². The van der Waals surface area contributed by atoms with Gasteiger partial charge in [0.05, 0.1) is 0 Å². The number of carbonyl (C=O) groups excluding carboxylic acids is 1. The van der Waals surface area contributed by atoms with Gasteiger partial charge in [-0.05, 0) is 30.9 Å². The smallest absolute Gasteiger partial charge is 0.251 e. The largest absolute Gasteiger partial charge is 0.394 e. The molecule has 1 saturated carbocycles. The lowest BCUT2D eigenvalue weighted by Crippen LogP contribution is -2.43. The van der Waals surface area contributed by atoms with Crippen molar-refractivity contribution in [3.8, 4) is 0 Å². The number of carbonyl (C=O) groups is 1. The third kappa shape index (κ3) is 2.38. The van der Waals surface area contributed by atoms with E-state index in [2.05, 4.69) is 12.2 Å². The van der Waals surface area contributed by atoms with Crippen molar-refractivity contribution >= 4 is 11.6 Å². The zero-order valence-corrected chi connectivity index (χ0v) is 9.47. The summed E-state index contributed by atoms with van der Waals surface area (Å²) < 4.78 is 26.3. The van der Waals surface area contributed by atoms with Crippen molar-refractivity contribution in [1.29, 1.82) is 0 Å². The van der Waals surface area contributed by atoms with Gasteiger partial charge < -0.3 is 11.1 Å². The van der Waals surface area contributed by atoms with E-state index >= 15 is 0 Å². The topological polar surface area (TPSA) is 55.1 Å². The molecule has 1 fully saturated rings. The summed E-state index contributed by atoms with van der Waals surface area (Å²) in [5.41, 5.74) is 4.54. The van der Waals surface area contributed by atoms with Crippen LogP contribution in [0, 0.1) is 17.6 Å². The van der Waals surface area contributed by atoms with Crippen LogP contribution < -0.4 is 11.1 Å². The van der Waals surface area contributed by atoms with Crippen molar-refractivity contribution in [2.75, 3.05) is 5.73 Å². The summed E-state index contributed by atoms with van der Waals surface area (Å²) in [6.07, 6.45) is 1.82. The monoisotopic (exact) mass is 240 g/mol. The molecule has 0 bridgehead atoms. The SMILES string of the molecule is CC1CC(NC(=O)c2cc(F)c(N)c(F)c2)C1. The molecule has 3 nitrogen and oxygen atoms in total. The van der Waals surface area contributed by atoms with E-state index in [1.54, 1.807) is 0 Å². The first-order valence-electron chi connectivity index (χ1n) is 5.52. The van der Waals surface area contributed by atoms with Gasteiger partial charge in [0.25, 0.3) is 5.91 Å². The molecule has 92 valence electrons. The second kappa shape index (κ2) is 4.31. The van der Waals surface area contributed by atoms with E-state index in [0.29, 0.717) is 5.92 Å². The van der Waals surface area contributed by atoms with Crippen molar-refractivity contribution in [1.82, 2.24) is 5.32 Å². The number of hydrogen-bond donors (Lipinski definition) is 2. The Morgan fingerprint density at radius 2 is 1.88 bits per heavy atom. The summed E-state index contributed by atoms with van der Waals surface area (Å²) in [5, 5.41) is 2.72. The summed E-state index contributed by atoms with van der Waals surface area (Å²) in [6, 6.07) is 2.02. The van der Waals surface area contributed by atoms with Gasteiger partial charge in [0.2, 0.25) is 0 Å². The van der Waals surface area contributed by atoms with Crippen LogP contribution in [0.4, 0.5) is 14.5 Å². The second-order valence-electron chi connectivity index (χ2n) is 4.60. The van der Waals surface area contributed by atoms with Crippen molar-refractivity contribution in [3.63, 3.8) is 0 Å². The van der Waals surface area contributed by atoms with Crippen LogP contribution in [0.5, 0.6) is 0 Å². The Bertz CT molecular complexity index is 433. The highest BCUT2D eigenvalue weighted by Crippen LogP contribution is 2.26. The molecule has 0 aliphatic heterocycles. The molecule has 1 aliphatic rings. The Labute approximate surface area is 98.0 Å². The Morgan fingerprint density at radius 1 is 1.35 bits per heavy atom. The number of rotatable bonds is 2. The maximum Gasteiger partial charge on any atom is 0.251 e. The van der Waals surface area contributed by atoms with Gasteiger partial charge in [-0.2, -0.15) is 0 Å². The molecule has 0 unspecified atom stereocenters. The predicted octanol–water partition coefficient (Wildman–Crippen LogP) is 2.08. The molecule has 0 atom stereocenters. The maximum atomic E-state index is 13.2. The molecule has 0 saturated heterocycles. The van der Waals surface area contributed by atoms with Crippen LogP contribution in [-0.2, 0) is 0 Å². The zero-order chi connectivity index (χ0) is 12.6. The molecule has 1 aromatic carbocycles. The standard InChI is InChI=1S/C12H14F2N2O/c1-6-2-8(3-6)16-12(17)7-4-9(13)11(15)10(14)5-7/h4-6,8H,2-3,15H2,1H3,(H,16,17). The third-order valence-corrected chi connectivity index (χ3v) is 3.05. The molecule has 3 N–H and O–H groups in total. The zero-order valence-electron chi connectivity index (χ0n) is 9.47. The minimum absolute atomic E-state index is 0.0336. The average Bonchev–Trinajstić information content (AvgIpc) is 2.23. The van der Waals surface area contributed by atoms with E-state index in [1.807, 2.05) is 0 Å². The molecule has 0 radical (unpaired) electrons. The van der Waals surface area contributed by atoms with Crippen LogP contribution in [0.25, 0.3) is 0 Å². The predicted molar refractivity (Wildman–Crippen MR) is 60.4 cm³/mol. The summed E-state index contributed by atoms with van der Waals surface area (Å²) in [5.74, 6) is -1.67. The highest BCUT2D eigenvalue weighted by molar-refractivity contribution is 5.94. The van der Waals surface area contributed by atoms with Crippen LogP contribution in [-0.4, -0.2) is 11.9 Å². The normalized spacial score (nSPS) is 23.0. The van der Waals surface area contributed by atoms with E-state index in [1.165, 1.54) is 0 Å². The Morgan fingerprint density at radius 3 is 2.35 bits per heavy atom. The lowest BCUT2D eigenvalue weighted by molar-refractivity contribution is 0.0895. The van der Waals surface area contributed by atoms with Crippen molar-refractivity contribution in [2.45, 2.75) is 25.8 Å². The lowest BCUT2D eigenvalue weighted by Gasteiger charge is -2.33. The summed E-state index contributed by atoms with van der Waals surface area (Å²) in [7, 11) is 0. The van der Waals surface area contributed by atoms with Crippen LogP contribution in [0.1, 0.15) is 30.1 Å². The molecule has 5 heteroatoms. The number of nitrogen functional groups attached to an aromatic ring is 1. The number of hydrogen-bond acceptors (Lipinski definition) is 2. The summed E-state index contributed by atoms with van der Waals surface area (Å²) >= 11 is 0. The number of amides is 1. The van der Waals surface area contributed by atoms with Gasteiger partial charge in [0.1, 0.15) is 17.3 Å². The van der Waals surface area contributed by atoms with Gasteiger partial charge in [0, 0.05) is 11.6 Å². The van der Waals surface area contributed by atoms with E-state index in [-0.39, 0.29) is 11.6 Å². The van der Waals surface area contributed by atoms with Crippen LogP contribution in [0.15, 0.2) is 12.1 Å². The molecule has 17 heavy (non-hydrogen) atoms. The third-order valence-electron chi connectivity index (χ3n) is 3.05. The first-order valence-corrected chi connectivity index (χ1v) is 5.52. The van der Waals surface area contributed by atoms with Gasteiger partial charge in [-0.15, -0.1) is 0 Å². The van der Waals surface area contributed by atoms with Gasteiger partial charge in [0.15, 0.2) is 0 Å². The Kier molecular flexibility index (Phi) is 3.00. The minimum Gasteiger partial charge on any atom is -0.394 e. The van der Waals surface area contributed by atoms with Crippen LogP contribution in [0.3, 0.4) is 0 Å². The molecule has 2 rings (SSSR count). The van der Waals surface area contributed by atoms with Gasteiger partial charge in [-0.1, -0.05) is 6.92 Å². The molecule has 0 aromatic heterocycles. The van der Waals surface area contributed by atoms with Crippen molar-refractivity contribution < 1.29 is 13.6 Å². The fourth-order valence-corrected chi connectivity index (χ4v) is 2.00. The quantitative estimate of drug-likeness (QED) is 0.777. The van der Waals surface area contributed by atoms with Crippen molar-refractivity contribution in [3.05, 3.63) is 29.3 Å². The Balaban J connectivity index is 2.09. The number of nitrogens with two attached hydrogens (primary N) is 1. The molecule has 1 amide bonds. The average molecular weight is 240 g/mol. The number of anilines is 1. The summed E-state index contributed by atoms with van der Waals surface area (Å²) in [6.45, 7) is 2.09. The number of halogens is 2. The first kappa shape index (κ1) is 11.8. The van der Waals surface area contributed by atoms with E-state index in [4.69, 9.17) is 5.73 Å². The highest BCUT2D eigenvalue weighted by atomic mass is 19.1. The van der Waals surface area contributed by atoms with Crippen molar-refractivity contribution in [2.24, 2.45) is 5.92 Å². The number of nitrogens with one attached hydrogen (secondary N) is 1. The number of benzene rings is 1. The molecule has 1 aromatic rings. The molecular weight excluding hydrogens is 226 g/mol. The van der Waals surface area contributed by atoms with E-state index in [0.717, 1.165) is 25.0 Å². The molecule has 0 spiro atoms. The minimum atomic E-state index is -0.905. The van der Waals surface area contributed by atoms with Crippen LogP contribution >= 0.6 is 0 Å².